The van der Waals surface area contributed by atoms with E-state index in [9.17, 15) is 0 Å². The average Bonchev–Trinajstić information content (AvgIpc) is 3.56. The van der Waals surface area contributed by atoms with Crippen LogP contribution in [0.25, 0.3) is 88.4 Å². The molecule has 10 rings (SSSR count). The molecule has 0 spiro atoms. The van der Waals surface area contributed by atoms with Crippen LogP contribution in [-0.2, 0) is 0 Å². The van der Waals surface area contributed by atoms with Crippen LogP contribution in [0.1, 0.15) is 0 Å². The van der Waals surface area contributed by atoms with Crippen molar-refractivity contribution in [2.45, 2.75) is 0 Å². The molecule has 0 aliphatic carbocycles. The summed E-state index contributed by atoms with van der Waals surface area (Å²) in [7, 11) is 0. The van der Waals surface area contributed by atoms with Gasteiger partial charge in [0.25, 0.3) is 0 Å². The predicted molar refractivity (Wildman–Crippen MR) is 185 cm³/mol. The van der Waals surface area contributed by atoms with Crippen LogP contribution >= 0.6 is 0 Å². The number of aromatic nitrogens is 2. The molecule has 0 unspecified atom stereocenters. The Balaban J connectivity index is 1.24. The molecule has 204 valence electrons. The highest BCUT2D eigenvalue weighted by Crippen LogP contribution is 2.47. The molecule has 2 nitrogen and oxygen atoms in total. The van der Waals surface area contributed by atoms with E-state index in [4.69, 9.17) is 0 Å². The van der Waals surface area contributed by atoms with Gasteiger partial charge in [-0.25, -0.2) is 0 Å². The van der Waals surface area contributed by atoms with Crippen molar-refractivity contribution in [1.82, 2.24) is 9.13 Å². The molecule has 0 fully saturated rings. The van der Waals surface area contributed by atoms with Crippen molar-refractivity contribution < 1.29 is 0 Å². The highest BCUT2D eigenvalue weighted by atomic mass is 15.0. The summed E-state index contributed by atoms with van der Waals surface area (Å²) in [5, 5.41) is 5.10. The molecule has 1 aliphatic rings. The molecular weight excluding hydrogens is 532 g/mol. The van der Waals surface area contributed by atoms with E-state index in [2.05, 4.69) is 167 Å². The van der Waals surface area contributed by atoms with E-state index in [1.54, 1.807) is 0 Å². The van der Waals surface area contributed by atoms with Crippen LogP contribution in [-0.4, -0.2) is 9.13 Å². The van der Waals surface area contributed by atoms with Crippen molar-refractivity contribution in [3.05, 3.63) is 158 Å². The second kappa shape index (κ2) is 8.82. The van der Waals surface area contributed by atoms with E-state index in [1.807, 2.05) is 0 Å². The van der Waals surface area contributed by atoms with Gasteiger partial charge in [0.05, 0.1) is 27.8 Å². The van der Waals surface area contributed by atoms with Gasteiger partial charge in [-0.05, 0) is 70.8 Å². The van der Waals surface area contributed by atoms with Crippen LogP contribution in [0, 0.1) is 0 Å². The summed E-state index contributed by atoms with van der Waals surface area (Å²) in [6.07, 6.45) is 0. The lowest BCUT2D eigenvalue weighted by atomic mass is 9.93. The Morgan fingerprint density at radius 2 is 0.864 bits per heavy atom. The van der Waals surface area contributed by atoms with Crippen molar-refractivity contribution in [3.63, 3.8) is 0 Å². The maximum atomic E-state index is 2.48. The minimum atomic E-state index is 1.18. The zero-order valence-corrected chi connectivity index (χ0v) is 23.9. The largest absolute Gasteiger partial charge is 0.309 e. The molecule has 0 radical (unpaired) electrons. The maximum absolute atomic E-state index is 2.48. The smallest absolute Gasteiger partial charge is 0.0619 e. The maximum Gasteiger partial charge on any atom is 0.0619 e. The summed E-state index contributed by atoms with van der Waals surface area (Å²) < 4.78 is 4.86. The topological polar surface area (TPSA) is 9.86 Å². The highest BCUT2D eigenvalue weighted by molar-refractivity contribution is 6.17. The SMILES string of the molecule is c1ccc(-n2c3ccccc3c3cc(-c4ccc5c(c4)c4cccc6c4n5-c4ccccc4-c4ccccc4-6)ccc32)cc1. The Bertz CT molecular complexity index is 2600. The van der Waals surface area contributed by atoms with Crippen LogP contribution in [0.15, 0.2) is 158 Å². The molecule has 0 saturated carbocycles. The van der Waals surface area contributed by atoms with Gasteiger partial charge in [-0.15, -0.1) is 0 Å². The van der Waals surface area contributed by atoms with E-state index in [1.165, 1.54) is 88.4 Å². The van der Waals surface area contributed by atoms with E-state index in [0.717, 1.165) is 0 Å². The van der Waals surface area contributed by atoms with E-state index < -0.39 is 0 Å². The first-order valence-corrected chi connectivity index (χ1v) is 15.2. The number of hydrogen-bond acceptors (Lipinski definition) is 0. The van der Waals surface area contributed by atoms with Crippen LogP contribution in [0.5, 0.6) is 0 Å². The third-order valence-corrected chi connectivity index (χ3v) is 9.46. The van der Waals surface area contributed by atoms with Gasteiger partial charge in [0.2, 0.25) is 0 Å². The zero-order valence-electron chi connectivity index (χ0n) is 23.9. The summed E-state index contributed by atoms with van der Waals surface area (Å²) in [5.74, 6) is 0. The Hall–Kier alpha value is -5.86. The van der Waals surface area contributed by atoms with Crippen molar-refractivity contribution in [2.75, 3.05) is 0 Å². The molecule has 1 aliphatic heterocycles. The third kappa shape index (κ3) is 3.14. The van der Waals surface area contributed by atoms with Crippen molar-refractivity contribution in [3.8, 4) is 44.8 Å². The Kier molecular flexibility index (Phi) is 4.75. The first-order valence-electron chi connectivity index (χ1n) is 15.2. The molecule has 2 aromatic heterocycles. The van der Waals surface area contributed by atoms with Gasteiger partial charge < -0.3 is 9.13 Å². The molecule has 2 heteroatoms. The van der Waals surface area contributed by atoms with E-state index >= 15 is 0 Å². The molecular formula is C42H26N2. The van der Waals surface area contributed by atoms with Crippen molar-refractivity contribution in [1.29, 1.82) is 0 Å². The van der Waals surface area contributed by atoms with Gasteiger partial charge in [0.1, 0.15) is 0 Å². The number of hydrogen-bond donors (Lipinski definition) is 0. The minimum Gasteiger partial charge on any atom is -0.309 e. The quantitative estimate of drug-likeness (QED) is 0.200. The monoisotopic (exact) mass is 558 g/mol. The normalized spacial score (nSPS) is 12.1. The van der Waals surface area contributed by atoms with Gasteiger partial charge in [-0.3, -0.25) is 0 Å². The second-order valence-corrected chi connectivity index (χ2v) is 11.8. The number of benzene rings is 7. The number of nitrogens with zero attached hydrogens (tertiary/aromatic N) is 2. The summed E-state index contributed by atoms with van der Waals surface area (Å²) in [6, 6.07) is 57.8. The molecule has 0 N–H and O–H groups in total. The molecule has 0 atom stereocenters. The number of para-hydroxylation sites is 4. The summed E-state index contributed by atoms with van der Waals surface area (Å²) >= 11 is 0. The fourth-order valence-electron chi connectivity index (χ4n) is 7.57. The lowest BCUT2D eigenvalue weighted by Gasteiger charge is -2.12. The molecule has 0 bridgehead atoms. The van der Waals surface area contributed by atoms with Gasteiger partial charge in [-0.1, -0.05) is 109 Å². The van der Waals surface area contributed by atoms with Crippen molar-refractivity contribution >= 4 is 43.6 Å². The van der Waals surface area contributed by atoms with Gasteiger partial charge in [-0.2, -0.15) is 0 Å². The first kappa shape index (κ1) is 23.7. The van der Waals surface area contributed by atoms with E-state index in [0.29, 0.717) is 0 Å². The fourth-order valence-corrected chi connectivity index (χ4v) is 7.57. The van der Waals surface area contributed by atoms with Crippen LogP contribution in [0.3, 0.4) is 0 Å². The van der Waals surface area contributed by atoms with Gasteiger partial charge in [0.15, 0.2) is 0 Å². The summed E-state index contributed by atoms with van der Waals surface area (Å²) in [6.45, 7) is 0. The molecule has 0 amide bonds. The number of fused-ring (bicyclic) bond motifs is 11. The third-order valence-electron chi connectivity index (χ3n) is 9.46. The van der Waals surface area contributed by atoms with E-state index in [-0.39, 0.29) is 0 Å². The van der Waals surface area contributed by atoms with Crippen LogP contribution in [0.4, 0.5) is 0 Å². The zero-order chi connectivity index (χ0) is 28.8. The lowest BCUT2D eigenvalue weighted by molar-refractivity contribution is 1.18. The lowest BCUT2D eigenvalue weighted by Crippen LogP contribution is -1.95. The first-order chi connectivity index (χ1) is 21.8. The van der Waals surface area contributed by atoms with Gasteiger partial charge >= 0.3 is 0 Å². The minimum absolute atomic E-state index is 1.18. The van der Waals surface area contributed by atoms with Gasteiger partial charge in [0, 0.05) is 38.4 Å². The predicted octanol–water partition coefficient (Wildman–Crippen LogP) is 11.2. The summed E-state index contributed by atoms with van der Waals surface area (Å²) in [4.78, 5) is 0. The Morgan fingerprint density at radius 3 is 1.66 bits per heavy atom. The van der Waals surface area contributed by atoms with Crippen LogP contribution in [0.2, 0.25) is 0 Å². The number of rotatable bonds is 2. The molecule has 7 aromatic carbocycles. The molecule has 0 saturated heterocycles. The molecule has 9 aromatic rings. The molecule has 3 heterocycles. The second-order valence-electron chi connectivity index (χ2n) is 11.8. The molecule has 44 heavy (non-hydrogen) atoms. The van der Waals surface area contributed by atoms with Crippen molar-refractivity contribution in [2.24, 2.45) is 0 Å². The standard InChI is InChI=1S/C42H26N2/c1-2-11-29(12-3-1)43-38-19-8-7-16-33(38)36-25-27(21-23-40(36)43)28-22-24-41-37(26-28)35-18-10-17-34-31-14-5-4-13-30(31)32-15-6-9-20-39(32)44(41)42(34)35/h1-26H. The van der Waals surface area contributed by atoms with Crippen LogP contribution < -0.4 is 0 Å². The summed E-state index contributed by atoms with van der Waals surface area (Å²) in [5.41, 5.74) is 14.9. The fraction of sp³-hybridized carbons (Fsp3) is 0. The highest BCUT2D eigenvalue weighted by Gasteiger charge is 2.24. The Morgan fingerprint density at radius 1 is 0.318 bits per heavy atom. The average molecular weight is 559 g/mol. The Labute approximate surface area is 254 Å².